The summed E-state index contributed by atoms with van der Waals surface area (Å²) in [4.78, 5) is 41.2. The van der Waals surface area contributed by atoms with Gasteiger partial charge < -0.3 is 34.9 Å². The molecule has 0 aliphatic carbocycles. The normalized spacial score (nSPS) is 15.8. The molecule has 1 aromatic carbocycles. The molecule has 4 aromatic rings. The van der Waals surface area contributed by atoms with Gasteiger partial charge in [-0.1, -0.05) is 24.3 Å². The first-order valence-electron chi connectivity index (χ1n) is 16.8. The van der Waals surface area contributed by atoms with E-state index in [1.165, 1.54) is 12.1 Å². The number of rotatable bonds is 10. The van der Waals surface area contributed by atoms with Crippen molar-refractivity contribution in [2.75, 3.05) is 65.1 Å². The van der Waals surface area contributed by atoms with Crippen molar-refractivity contribution in [2.24, 2.45) is 0 Å². The zero-order chi connectivity index (χ0) is 35.8. The second kappa shape index (κ2) is 19.4. The molecule has 0 radical (unpaired) electrons. The van der Waals surface area contributed by atoms with E-state index in [1.807, 2.05) is 36.4 Å². The lowest BCUT2D eigenvalue weighted by Gasteiger charge is -2.24. The molecule has 14 heteroatoms. The van der Waals surface area contributed by atoms with E-state index in [0.29, 0.717) is 115 Å². The van der Waals surface area contributed by atoms with E-state index in [-0.39, 0.29) is 11.4 Å². The van der Waals surface area contributed by atoms with E-state index < -0.39 is 11.9 Å². The third kappa shape index (κ3) is 12.7. The van der Waals surface area contributed by atoms with Crippen molar-refractivity contribution in [3.8, 4) is 5.75 Å². The Morgan fingerprint density at radius 3 is 1.67 bits per heavy atom. The first-order chi connectivity index (χ1) is 24.8. The van der Waals surface area contributed by atoms with Crippen molar-refractivity contribution in [2.45, 2.75) is 32.6 Å². The molecular weight excluding hydrogens is 656 g/mol. The van der Waals surface area contributed by atoms with Crippen LogP contribution in [0, 0.1) is 0 Å². The Morgan fingerprint density at radius 2 is 1.18 bits per heavy atom. The number of aromatic nitrogens is 3. The fourth-order valence-electron chi connectivity index (χ4n) is 5.48. The monoisotopic (exact) mass is 700 g/mol. The van der Waals surface area contributed by atoms with Gasteiger partial charge in [0.2, 0.25) is 0 Å². The van der Waals surface area contributed by atoms with Gasteiger partial charge in [-0.25, -0.2) is 19.6 Å². The van der Waals surface area contributed by atoms with Gasteiger partial charge in [-0.2, -0.15) is 0 Å². The average molecular weight is 701 g/mol. The Bertz CT molecular complexity index is 1630. The van der Waals surface area contributed by atoms with E-state index in [0.717, 1.165) is 17.0 Å². The fraction of sp³-hybridized carbons (Fsp3) is 0.378. The number of fused-ring (bicyclic) bond motifs is 2. The lowest BCUT2D eigenvalue weighted by molar-refractivity contribution is 0.00533. The number of anilines is 1. The molecule has 0 fully saturated rings. The van der Waals surface area contributed by atoms with Crippen LogP contribution in [0.2, 0.25) is 0 Å². The third-order valence-corrected chi connectivity index (χ3v) is 7.99. The number of carbonyl (C=O) groups is 2. The third-order valence-electron chi connectivity index (χ3n) is 7.99. The minimum absolute atomic E-state index is 0.0216. The average Bonchev–Trinajstić information content (AvgIpc) is 3.11. The molecule has 0 unspecified atom stereocenters. The van der Waals surface area contributed by atoms with Crippen molar-refractivity contribution in [1.29, 1.82) is 0 Å². The zero-order valence-electron chi connectivity index (χ0n) is 28.5. The smallest absolute Gasteiger partial charge is 0.354 e. The number of hydrogen-bond donors (Lipinski definition) is 3. The molecule has 2 bridgehead atoms. The van der Waals surface area contributed by atoms with Crippen LogP contribution in [0.5, 0.6) is 5.75 Å². The van der Waals surface area contributed by atoms with E-state index in [4.69, 9.17) is 29.7 Å². The molecule has 0 amide bonds. The minimum Gasteiger partial charge on any atom is -0.493 e. The van der Waals surface area contributed by atoms with Gasteiger partial charge in [0.05, 0.1) is 69.0 Å². The SMILES string of the molecule is Nc1ccc(CCOc2cc3nc(c2)CN(Cc2cccc(C(=O)O)n2)CCOCCOCCOCCN(Cc2cccc(C(=O)O)n2)C3)cc1. The van der Waals surface area contributed by atoms with Crippen LogP contribution in [-0.4, -0.2) is 106 Å². The van der Waals surface area contributed by atoms with Crippen LogP contribution in [0.15, 0.2) is 72.8 Å². The van der Waals surface area contributed by atoms with Crippen molar-refractivity contribution in [3.05, 3.63) is 113 Å². The summed E-state index contributed by atoms with van der Waals surface area (Å²) in [7, 11) is 0. The topological polar surface area (TPSA) is 183 Å². The number of benzene rings is 1. The van der Waals surface area contributed by atoms with Crippen LogP contribution in [0.1, 0.15) is 49.3 Å². The summed E-state index contributed by atoms with van der Waals surface area (Å²) in [6.07, 6.45) is 0.682. The highest BCUT2D eigenvalue weighted by Crippen LogP contribution is 2.20. The van der Waals surface area contributed by atoms with Crippen molar-refractivity contribution in [1.82, 2.24) is 24.8 Å². The molecule has 1 aliphatic rings. The number of ether oxygens (including phenoxy) is 4. The van der Waals surface area contributed by atoms with Crippen molar-refractivity contribution < 1.29 is 38.7 Å². The lowest BCUT2D eigenvalue weighted by Crippen LogP contribution is -2.30. The summed E-state index contributed by atoms with van der Waals surface area (Å²) in [6, 6.07) is 21.4. The summed E-state index contributed by atoms with van der Waals surface area (Å²) in [5.74, 6) is -1.52. The molecule has 14 nitrogen and oxygen atoms in total. The molecule has 1 aliphatic heterocycles. The molecule has 51 heavy (non-hydrogen) atoms. The van der Waals surface area contributed by atoms with E-state index >= 15 is 0 Å². The van der Waals surface area contributed by atoms with Crippen molar-refractivity contribution >= 4 is 17.6 Å². The molecule has 0 atom stereocenters. The first-order valence-corrected chi connectivity index (χ1v) is 16.8. The highest BCUT2D eigenvalue weighted by Gasteiger charge is 2.17. The van der Waals surface area contributed by atoms with Gasteiger partial charge in [-0.05, 0) is 42.0 Å². The first kappa shape index (κ1) is 37.3. The van der Waals surface area contributed by atoms with Gasteiger partial charge in [-0.15, -0.1) is 0 Å². The Morgan fingerprint density at radius 1 is 0.686 bits per heavy atom. The predicted octanol–water partition coefficient (Wildman–Crippen LogP) is 3.54. The summed E-state index contributed by atoms with van der Waals surface area (Å²) < 4.78 is 23.7. The molecule has 270 valence electrons. The molecule has 0 saturated carbocycles. The highest BCUT2D eigenvalue weighted by molar-refractivity contribution is 5.85. The van der Waals surface area contributed by atoms with Crippen LogP contribution in [-0.2, 0) is 46.8 Å². The molecule has 4 N–H and O–H groups in total. The summed E-state index contributed by atoms with van der Waals surface area (Å²) >= 11 is 0. The Kier molecular flexibility index (Phi) is 14.2. The molecule has 4 heterocycles. The Hall–Kier alpha value is -4.99. The maximum Gasteiger partial charge on any atom is 0.354 e. The Balaban J connectivity index is 1.42. The zero-order valence-corrected chi connectivity index (χ0v) is 28.5. The number of nitrogens with zero attached hydrogens (tertiary/aromatic N) is 5. The van der Waals surface area contributed by atoms with Gasteiger partial charge in [0, 0.05) is 63.5 Å². The van der Waals surface area contributed by atoms with Crippen LogP contribution in [0.25, 0.3) is 0 Å². The van der Waals surface area contributed by atoms with E-state index in [9.17, 15) is 19.8 Å². The molecule has 5 rings (SSSR count). The maximum absolute atomic E-state index is 11.6. The largest absolute Gasteiger partial charge is 0.493 e. The van der Waals surface area contributed by atoms with Crippen LogP contribution in [0.3, 0.4) is 0 Å². The highest BCUT2D eigenvalue weighted by atomic mass is 16.5. The molecule has 0 saturated heterocycles. The van der Waals surface area contributed by atoms with Crippen LogP contribution in [0.4, 0.5) is 5.69 Å². The fourth-order valence-corrected chi connectivity index (χ4v) is 5.48. The van der Waals surface area contributed by atoms with Crippen LogP contribution >= 0.6 is 0 Å². The number of aromatic carboxylic acids is 2. The number of carboxylic acids is 2. The summed E-state index contributed by atoms with van der Waals surface area (Å²) in [5.41, 5.74) is 10.3. The van der Waals surface area contributed by atoms with Gasteiger partial charge >= 0.3 is 11.9 Å². The minimum atomic E-state index is -1.09. The lowest BCUT2D eigenvalue weighted by atomic mass is 10.1. The van der Waals surface area contributed by atoms with Gasteiger partial charge in [0.25, 0.3) is 0 Å². The van der Waals surface area contributed by atoms with Crippen molar-refractivity contribution in [3.63, 3.8) is 0 Å². The Labute approximate surface area is 296 Å². The standard InChI is InChI=1S/C37H44N6O8/c38-28-9-7-27(8-10-28)11-14-51-33-21-31-25-42(23-29-3-1-5-34(40-29)36(44)45)12-15-48-17-19-50-20-18-49-16-13-43(26-32(22-33)39-31)24-30-4-2-6-35(41-30)37(46)47/h1-10,21-22H,11-20,23-26,38H2,(H,44,45)(H,46,47). The maximum atomic E-state index is 11.6. The number of pyridine rings is 3. The van der Waals surface area contributed by atoms with Gasteiger partial charge in [0.15, 0.2) is 0 Å². The molecular formula is C37H44N6O8. The number of nitrogens with two attached hydrogens (primary N) is 1. The summed E-state index contributed by atoms with van der Waals surface area (Å²) in [6.45, 7) is 5.54. The number of carboxylic acid groups (broad SMARTS) is 2. The van der Waals surface area contributed by atoms with Gasteiger partial charge in [-0.3, -0.25) is 14.8 Å². The second-order valence-corrected chi connectivity index (χ2v) is 12.0. The number of hydrogen-bond acceptors (Lipinski definition) is 12. The van der Waals surface area contributed by atoms with Crippen LogP contribution < -0.4 is 10.5 Å². The van der Waals surface area contributed by atoms with E-state index in [1.54, 1.807) is 24.3 Å². The second-order valence-electron chi connectivity index (χ2n) is 12.0. The summed E-state index contributed by atoms with van der Waals surface area (Å²) in [5, 5.41) is 19.0. The number of nitrogen functional groups attached to an aromatic ring is 1. The predicted molar refractivity (Wildman–Crippen MR) is 187 cm³/mol. The van der Waals surface area contributed by atoms with E-state index in [2.05, 4.69) is 19.8 Å². The molecule has 0 spiro atoms. The van der Waals surface area contributed by atoms with Gasteiger partial charge in [0.1, 0.15) is 17.1 Å². The molecule has 3 aromatic heterocycles. The quantitative estimate of drug-likeness (QED) is 0.204.